The summed E-state index contributed by atoms with van der Waals surface area (Å²) >= 11 is 10.9. The summed E-state index contributed by atoms with van der Waals surface area (Å²) < 4.78 is 3.62. The Morgan fingerprint density at radius 2 is 1.96 bits per heavy atom. The Balaban J connectivity index is 1.67. The highest BCUT2D eigenvalue weighted by Crippen LogP contribution is 2.36. The zero-order valence-electron chi connectivity index (χ0n) is 12.4. The largest absolute Gasteiger partial charge is 0.228 e. The van der Waals surface area contributed by atoms with Crippen LogP contribution in [0, 0.1) is 0 Å². The van der Waals surface area contributed by atoms with Gasteiger partial charge >= 0.3 is 0 Å². The lowest BCUT2D eigenvalue weighted by Gasteiger charge is -2.03. The van der Waals surface area contributed by atoms with E-state index in [4.69, 9.17) is 11.6 Å². The standard InChI is InChI=1S/C15H10ClN5S3/c1-22-10-7-5-9(6-8-10)21-14(18-19-20-21)24-15-17-13-11(16)3-2-4-12(13)23-15/h2-8H,1H3. The number of rotatable bonds is 4. The van der Waals surface area contributed by atoms with Crippen LogP contribution in [-0.4, -0.2) is 31.4 Å². The normalized spacial score (nSPS) is 11.2. The van der Waals surface area contributed by atoms with E-state index in [-0.39, 0.29) is 0 Å². The van der Waals surface area contributed by atoms with Crippen molar-refractivity contribution < 1.29 is 0 Å². The molecule has 0 N–H and O–H groups in total. The Bertz CT molecular complexity index is 996. The van der Waals surface area contributed by atoms with E-state index in [1.54, 1.807) is 27.8 Å². The van der Waals surface area contributed by atoms with Crippen molar-refractivity contribution in [1.29, 1.82) is 0 Å². The summed E-state index contributed by atoms with van der Waals surface area (Å²) in [5.41, 5.74) is 1.73. The van der Waals surface area contributed by atoms with Crippen LogP contribution in [0.25, 0.3) is 15.9 Å². The third-order valence-electron chi connectivity index (χ3n) is 3.29. The van der Waals surface area contributed by atoms with Gasteiger partial charge in [0.1, 0.15) is 5.52 Å². The summed E-state index contributed by atoms with van der Waals surface area (Å²) in [6.45, 7) is 0. The number of tetrazole rings is 1. The second-order valence-corrected chi connectivity index (χ2v) is 8.27. The molecule has 0 spiro atoms. The van der Waals surface area contributed by atoms with E-state index in [0.29, 0.717) is 10.2 Å². The van der Waals surface area contributed by atoms with Crippen molar-refractivity contribution >= 4 is 56.7 Å². The first-order valence-corrected chi connectivity index (χ1v) is 10.1. The molecule has 5 nitrogen and oxygen atoms in total. The van der Waals surface area contributed by atoms with E-state index in [2.05, 4.69) is 20.5 Å². The smallest absolute Gasteiger partial charge is 0.221 e. The number of fused-ring (bicyclic) bond motifs is 1. The molecule has 0 saturated carbocycles. The average Bonchev–Trinajstić information content (AvgIpc) is 3.23. The number of hydrogen-bond donors (Lipinski definition) is 0. The van der Waals surface area contributed by atoms with E-state index in [1.165, 1.54) is 16.7 Å². The fourth-order valence-corrected chi connectivity index (χ4v) is 4.81. The van der Waals surface area contributed by atoms with Gasteiger partial charge in [-0.25, -0.2) is 4.98 Å². The minimum absolute atomic E-state index is 0.655. The molecule has 2 aromatic carbocycles. The third-order valence-corrected chi connectivity index (χ3v) is 6.35. The summed E-state index contributed by atoms with van der Waals surface area (Å²) in [4.78, 5) is 5.78. The van der Waals surface area contributed by atoms with Crippen LogP contribution in [0.1, 0.15) is 0 Å². The summed E-state index contributed by atoms with van der Waals surface area (Å²) in [5, 5.41) is 13.3. The SMILES string of the molecule is CSc1ccc(-n2nnnc2Sc2nc3c(Cl)cccc3s2)cc1. The minimum atomic E-state index is 0.655. The highest BCUT2D eigenvalue weighted by molar-refractivity contribution is 8.01. The van der Waals surface area contributed by atoms with E-state index in [1.807, 2.05) is 48.7 Å². The molecule has 120 valence electrons. The number of halogens is 1. The highest BCUT2D eigenvalue weighted by Gasteiger charge is 2.14. The van der Waals surface area contributed by atoms with Crippen molar-refractivity contribution in [2.75, 3.05) is 6.26 Å². The molecule has 0 radical (unpaired) electrons. The molecule has 2 aromatic heterocycles. The Hall–Kier alpha value is -1.61. The molecule has 0 saturated heterocycles. The van der Waals surface area contributed by atoms with Crippen LogP contribution >= 0.6 is 46.5 Å². The molecule has 0 amide bonds. The first-order valence-electron chi connectivity index (χ1n) is 6.90. The number of hydrogen-bond acceptors (Lipinski definition) is 7. The molecule has 0 aliphatic rings. The number of nitrogens with zero attached hydrogens (tertiary/aromatic N) is 5. The fraction of sp³-hybridized carbons (Fsp3) is 0.0667. The van der Waals surface area contributed by atoms with Crippen LogP contribution in [0.3, 0.4) is 0 Å². The molecular weight excluding hydrogens is 382 g/mol. The zero-order valence-corrected chi connectivity index (χ0v) is 15.6. The van der Waals surface area contributed by atoms with Gasteiger partial charge in [-0.3, -0.25) is 0 Å². The minimum Gasteiger partial charge on any atom is -0.228 e. The van der Waals surface area contributed by atoms with E-state index in [9.17, 15) is 0 Å². The molecule has 0 aliphatic carbocycles. The summed E-state index contributed by atoms with van der Waals surface area (Å²) in [6.07, 6.45) is 2.05. The van der Waals surface area contributed by atoms with Crippen molar-refractivity contribution in [3.8, 4) is 5.69 Å². The highest BCUT2D eigenvalue weighted by atomic mass is 35.5. The number of benzene rings is 2. The van der Waals surface area contributed by atoms with Crippen molar-refractivity contribution in [1.82, 2.24) is 25.2 Å². The van der Waals surface area contributed by atoms with E-state index >= 15 is 0 Å². The fourth-order valence-electron chi connectivity index (χ4n) is 2.14. The van der Waals surface area contributed by atoms with Gasteiger partial charge < -0.3 is 0 Å². The maximum atomic E-state index is 6.20. The van der Waals surface area contributed by atoms with E-state index < -0.39 is 0 Å². The molecule has 0 unspecified atom stereocenters. The van der Waals surface area contributed by atoms with Crippen LogP contribution in [0.4, 0.5) is 0 Å². The van der Waals surface area contributed by atoms with Crippen LogP contribution in [-0.2, 0) is 0 Å². The van der Waals surface area contributed by atoms with Crippen LogP contribution < -0.4 is 0 Å². The van der Waals surface area contributed by atoms with Gasteiger partial charge in [0.25, 0.3) is 0 Å². The molecule has 0 aliphatic heterocycles. The maximum absolute atomic E-state index is 6.20. The average molecular weight is 392 g/mol. The quantitative estimate of drug-likeness (QED) is 0.466. The molecule has 0 bridgehead atoms. The Morgan fingerprint density at radius 1 is 1.12 bits per heavy atom. The third kappa shape index (κ3) is 3.02. The van der Waals surface area contributed by atoms with Crippen molar-refractivity contribution in [3.05, 3.63) is 47.5 Å². The van der Waals surface area contributed by atoms with Gasteiger partial charge in [0.2, 0.25) is 5.16 Å². The number of para-hydroxylation sites is 1. The van der Waals surface area contributed by atoms with Gasteiger partial charge in [-0.15, -0.1) is 28.2 Å². The van der Waals surface area contributed by atoms with Crippen molar-refractivity contribution in [3.63, 3.8) is 0 Å². The molecule has 24 heavy (non-hydrogen) atoms. The molecule has 4 aromatic rings. The predicted molar refractivity (Wildman–Crippen MR) is 99.7 cm³/mol. The van der Waals surface area contributed by atoms with Gasteiger partial charge in [-0.05, 0) is 64.8 Å². The van der Waals surface area contributed by atoms with Crippen LogP contribution in [0.2, 0.25) is 5.02 Å². The molecule has 4 rings (SSSR count). The monoisotopic (exact) mass is 391 g/mol. The molecule has 0 fully saturated rings. The molecular formula is C15H10ClN5S3. The lowest BCUT2D eigenvalue weighted by atomic mass is 10.3. The summed E-state index contributed by atoms with van der Waals surface area (Å²) in [5.74, 6) is 0. The first kappa shape index (κ1) is 15.9. The molecule has 0 atom stereocenters. The maximum Gasteiger partial charge on any atom is 0.221 e. The number of thiazole rings is 1. The predicted octanol–water partition coefficient (Wildman–Crippen LogP) is 4.80. The topological polar surface area (TPSA) is 56.5 Å². The molecule has 2 heterocycles. The van der Waals surface area contributed by atoms with Crippen molar-refractivity contribution in [2.45, 2.75) is 14.4 Å². The Morgan fingerprint density at radius 3 is 2.71 bits per heavy atom. The lowest BCUT2D eigenvalue weighted by molar-refractivity contribution is 0.755. The van der Waals surface area contributed by atoms with Gasteiger partial charge in [-0.1, -0.05) is 17.7 Å². The van der Waals surface area contributed by atoms with Gasteiger partial charge in [0, 0.05) is 4.90 Å². The Labute approximate surface area is 155 Å². The van der Waals surface area contributed by atoms with Crippen molar-refractivity contribution in [2.24, 2.45) is 0 Å². The first-order chi connectivity index (χ1) is 11.7. The van der Waals surface area contributed by atoms with Gasteiger partial charge in [0.15, 0.2) is 4.34 Å². The lowest BCUT2D eigenvalue weighted by Crippen LogP contribution is -1.98. The zero-order chi connectivity index (χ0) is 16.5. The van der Waals surface area contributed by atoms with Crippen LogP contribution in [0.5, 0.6) is 0 Å². The van der Waals surface area contributed by atoms with Crippen LogP contribution in [0.15, 0.2) is 56.9 Å². The van der Waals surface area contributed by atoms with Gasteiger partial charge in [-0.2, -0.15) is 4.68 Å². The Kier molecular flexibility index (Phi) is 4.45. The second kappa shape index (κ2) is 6.72. The number of aromatic nitrogens is 5. The number of thioether (sulfide) groups is 1. The summed E-state index contributed by atoms with van der Waals surface area (Å²) in [7, 11) is 0. The second-order valence-electron chi connectivity index (χ2n) is 4.74. The van der Waals surface area contributed by atoms with E-state index in [0.717, 1.165) is 20.2 Å². The summed E-state index contributed by atoms with van der Waals surface area (Å²) in [6, 6.07) is 13.9. The molecule has 9 heteroatoms. The van der Waals surface area contributed by atoms with Gasteiger partial charge in [0.05, 0.1) is 15.4 Å².